The van der Waals surface area contributed by atoms with Crippen molar-refractivity contribution < 1.29 is 23.9 Å². The first kappa shape index (κ1) is 29.8. The number of rotatable bonds is 6. The number of ether oxygens (including phenoxy) is 2. The summed E-state index contributed by atoms with van der Waals surface area (Å²) >= 11 is 0. The van der Waals surface area contributed by atoms with Crippen LogP contribution in [0.15, 0.2) is 18.2 Å². The molecule has 9 nitrogen and oxygen atoms in total. The van der Waals surface area contributed by atoms with Gasteiger partial charge in [-0.25, -0.2) is 0 Å². The summed E-state index contributed by atoms with van der Waals surface area (Å²) in [5.74, 6) is -0.205. The fourth-order valence-electron chi connectivity index (χ4n) is 7.28. The Balaban J connectivity index is 1.70. The van der Waals surface area contributed by atoms with E-state index in [9.17, 15) is 14.4 Å². The first-order valence-electron chi connectivity index (χ1n) is 15.5. The van der Waals surface area contributed by atoms with Crippen LogP contribution in [-0.2, 0) is 32.1 Å². The van der Waals surface area contributed by atoms with E-state index in [0.717, 1.165) is 79.1 Å². The summed E-state index contributed by atoms with van der Waals surface area (Å²) in [6.45, 7) is 12.1. The molecule has 0 radical (unpaired) electrons. The Labute approximate surface area is 256 Å². The number of aryl methyl sites for hydroxylation is 2. The number of hydrogen-bond acceptors (Lipinski definition) is 7. The average molecular weight is 597 g/mol. The lowest BCUT2D eigenvalue weighted by atomic mass is 9.85. The van der Waals surface area contributed by atoms with Crippen LogP contribution in [0.4, 0.5) is 0 Å². The molecule has 1 aliphatic carbocycles. The lowest BCUT2D eigenvalue weighted by Crippen LogP contribution is -2.09. The molecule has 3 aromatic heterocycles. The Morgan fingerprint density at radius 3 is 2.30 bits per heavy atom. The minimum Gasteiger partial charge on any atom is -0.469 e. The number of fused-ring (bicyclic) bond motifs is 8. The molecule has 8 bridgehead atoms. The van der Waals surface area contributed by atoms with Gasteiger partial charge in [-0.3, -0.25) is 24.4 Å². The van der Waals surface area contributed by atoms with Gasteiger partial charge in [-0.1, -0.05) is 20.8 Å². The zero-order chi connectivity index (χ0) is 31.4. The summed E-state index contributed by atoms with van der Waals surface area (Å²) < 4.78 is 10.4. The van der Waals surface area contributed by atoms with Crippen molar-refractivity contribution in [2.45, 2.75) is 97.5 Å². The number of carbonyl (C=O) groups excluding carboxylic acids is 3. The molecule has 6 rings (SSSR count). The van der Waals surface area contributed by atoms with Crippen LogP contribution in [0.3, 0.4) is 0 Å². The number of carbonyl (C=O) groups is 3. The van der Waals surface area contributed by atoms with Crippen molar-refractivity contribution in [3.05, 3.63) is 68.8 Å². The highest BCUT2D eigenvalue weighted by Gasteiger charge is 2.36. The topological polar surface area (TPSA) is 127 Å². The lowest BCUT2D eigenvalue weighted by molar-refractivity contribution is -0.142. The zero-order valence-corrected chi connectivity index (χ0v) is 26.5. The van der Waals surface area contributed by atoms with E-state index in [1.807, 2.05) is 13.8 Å². The molecule has 5 heterocycles. The number of Topliss-reactive ketones (excluding diaryl/α,β-unsaturated/α-hetero) is 1. The zero-order valence-electron chi connectivity index (χ0n) is 26.5. The quantitative estimate of drug-likeness (QED) is 0.297. The molecule has 0 saturated carbocycles. The molecular weight excluding hydrogens is 556 g/mol. The van der Waals surface area contributed by atoms with Gasteiger partial charge in [0.05, 0.1) is 18.3 Å². The van der Waals surface area contributed by atoms with Gasteiger partial charge in [0.25, 0.3) is 0 Å². The maximum atomic E-state index is 13.5. The van der Waals surface area contributed by atoms with Gasteiger partial charge < -0.3 is 19.4 Å². The maximum Gasteiger partial charge on any atom is 0.305 e. The van der Waals surface area contributed by atoms with Gasteiger partial charge in [0.1, 0.15) is 6.61 Å². The Morgan fingerprint density at radius 1 is 0.932 bits per heavy atom. The average Bonchev–Trinajstić information content (AvgIpc) is 3.73. The third kappa shape index (κ3) is 4.92. The van der Waals surface area contributed by atoms with Gasteiger partial charge in [-0.05, 0) is 56.0 Å². The van der Waals surface area contributed by atoms with Crippen LogP contribution in [0.2, 0.25) is 0 Å². The second-order valence-corrected chi connectivity index (χ2v) is 12.5. The molecule has 0 aromatic carbocycles. The lowest BCUT2D eigenvalue weighted by Gasteiger charge is -2.16. The highest BCUT2D eigenvalue weighted by molar-refractivity contribution is 6.13. The summed E-state index contributed by atoms with van der Waals surface area (Å²) in [4.78, 5) is 55.0. The molecule has 2 N–H and O–H groups in total. The second-order valence-electron chi connectivity index (χ2n) is 12.5. The summed E-state index contributed by atoms with van der Waals surface area (Å²) in [6.07, 6.45) is 2.01. The smallest absolute Gasteiger partial charge is 0.305 e. The van der Waals surface area contributed by atoms with Gasteiger partial charge in [-0.15, -0.1) is 0 Å². The first-order chi connectivity index (χ1) is 21.0. The van der Waals surface area contributed by atoms with Crippen molar-refractivity contribution >= 4 is 39.8 Å². The minimum absolute atomic E-state index is 0.00703. The van der Waals surface area contributed by atoms with Gasteiger partial charge in [0.2, 0.25) is 0 Å². The number of methoxy groups -OCH3 is 1. The van der Waals surface area contributed by atoms with E-state index in [1.165, 1.54) is 14.0 Å². The van der Waals surface area contributed by atoms with Crippen LogP contribution in [0.25, 0.3) is 22.1 Å². The number of ketones is 1. The van der Waals surface area contributed by atoms with E-state index < -0.39 is 0 Å². The van der Waals surface area contributed by atoms with Gasteiger partial charge in [-0.2, -0.15) is 0 Å². The molecule has 4 atom stereocenters. The maximum absolute atomic E-state index is 13.5. The van der Waals surface area contributed by atoms with Crippen LogP contribution in [0, 0.1) is 13.8 Å². The predicted molar refractivity (Wildman–Crippen MR) is 168 cm³/mol. The van der Waals surface area contributed by atoms with Gasteiger partial charge >= 0.3 is 11.9 Å². The predicted octanol–water partition coefficient (Wildman–Crippen LogP) is 6.87. The molecule has 230 valence electrons. The largest absolute Gasteiger partial charge is 0.469 e. The molecule has 3 aliphatic rings. The molecule has 3 aromatic rings. The summed E-state index contributed by atoms with van der Waals surface area (Å²) in [6, 6.07) is 6.24. The number of aromatic nitrogens is 4. The van der Waals surface area contributed by atoms with Crippen molar-refractivity contribution in [2.75, 3.05) is 7.11 Å². The van der Waals surface area contributed by atoms with E-state index >= 15 is 0 Å². The van der Waals surface area contributed by atoms with Crippen LogP contribution in [-0.4, -0.2) is 44.8 Å². The number of hydrogen-bond donors (Lipinski definition) is 2. The van der Waals surface area contributed by atoms with Crippen molar-refractivity contribution in [3.63, 3.8) is 0 Å². The Morgan fingerprint density at radius 2 is 1.59 bits per heavy atom. The normalized spacial score (nSPS) is 20.7. The number of aromatic amines is 2. The molecule has 0 fully saturated rings. The Hall–Kier alpha value is -4.27. The first-order valence-corrected chi connectivity index (χ1v) is 15.5. The third-order valence-corrected chi connectivity index (χ3v) is 9.97. The van der Waals surface area contributed by atoms with E-state index in [-0.39, 0.29) is 60.8 Å². The summed E-state index contributed by atoms with van der Waals surface area (Å²) in [5.41, 5.74) is 11.5. The number of nitrogens with zero attached hydrogens (tertiary/aromatic N) is 2. The monoisotopic (exact) mass is 596 g/mol. The van der Waals surface area contributed by atoms with Gasteiger partial charge in [0, 0.05) is 93.8 Å². The fourth-order valence-corrected chi connectivity index (χ4v) is 7.28. The van der Waals surface area contributed by atoms with Crippen molar-refractivity contribution in [3.8, 4) is 0 Å². The number of H-pyrrole nitrogens is 2. The van der Waals surface area contributed by atoms with Crippen LogP contribution < -0.4 is 0 Å². The van der Waals surface area contributed by atoms with Crippen molar-refractivity contribution in [1.82, 2.24) is 19.9 Å². The third-order valence-electron chi connectivity index (χ3n) is 9.97. The van der Waals surface area contributed by atoms with E-state index in [0.29, 0.717) is 6.42 Å². The molecule has 0 spiro atoms. The summed E-state index contributed by atoms with van der Waals surface area (Å²) in [5, 5.41) is 0. The molecule has 2 aliphatic heterocycles. The van der Waals surface area contributed by atoms with Crippen LogP contribution in [0.1, 0.15) is 126 Å². The minimum atomic E-state index is -0.340. The van der Waals surface area contributed by atoms with Crippen molar-refractivity contribution in [1.29, 1.82) is 0 Å². The standard InChI is InChI=1S/C35H40N4O5/c1-8-21-16(2)26-13-30-24(15-44-20(6)40)18(4)25(37-30)12-27-17(3)22(9-10-32(42)43-7)34(38-27)23-11-31(41)33-19(5)28(39-35(23)33)14-29(21)36-26/h12-14,16-17,21-22,37,39H,8-11,15H2,1-7H3/t16-,17+,21-,22+/m1/s1. The molecule has 0 unspecified atom stereocenters. The highest BCUT2D eigenvalue weighted by atomic mass is 16.5. The van der Waals surface area contributed by atoms with E-state index in [4.69, 9.17) is 19.4 Å². The number of esters is 2. The Bertz CT molecular complexity index is 1870. The number of nitrogens with one attached hydrogen (secondary N) is 2. The molecule has 0 amide bonds. The molecule has 0 saturated heterocycles. The highest BCUT2D eigenvalue weighted by Crippen LogP contribution is 2.45. The van der Waals surface area contributed by atoms with E-state index in [1.54, 1.807) is 0 Å². The fraction of sp³-hybridized carbons (Fsp3) is 0.457. The Kier molecular flexibility index (Phi) is 7.68. The van der Waals surface area contributed by atoms with Crippen LogP contribution in [0.5, 0.6) is 0 Å². The molecule has 9 heteroatoms. The molecular formula is C35H40N4O5. The summed E-state index contributed by atoms with van der Waals surface area (Å²) in [7, 11) is 1.40. The molecule has 44 heavy (non-hydrogen) atoms. The SMILES string of the molecule is CC[C@H]1c2cc3[nH]c4c(c5nc(cc6[nH]c(cc(n2)[C@@H]1C)c(COC(C)=O)c6C)[C@@H](C)[C@@H]5CCC(=O)OC)CC(=O)c4c3C. The van der Waals surface area contributed by atoms with Crippen molar-refractivity contribution in [2.24, 2.45) is 0 Å². The second kappa shape index (κ2) is 11.3. The van der Waals surface area contributed by atoms with E-state index in [2.05, 4.69) is 48.9 Å². The van der Waals surface area contributed by atoms with Crippen LogP contribution >= 0.6 is 0 Å². The van der Waals surface area contributed by atoms with Gasteiger partial charge in [0.15, 0.2) is 5.78 Å².